The summed E-state index contributed by atoms with van der Waals surface area (Å²) in [4.78, 5) is 8.63. The SMILES string of the molecule is CCCCCCCCOc1ccc(/C=C/C=C/C=C/c2cnc(/C=C/C=C/C=C(C#N)C#N)c(Cl)n2)cc1. The third kappa shape index (κ3) is 12.7. The van der Waals surface area contributed by atoms with Crippen LogP contribution in [0.3, 0.4) is 0 Å². The van der Waals surface area contributed by atoms with E-state index in [2.05, 4.69) is 16.9 Å². The predicted molar refractivity (Wildman–Crippen MR) is 157 cm³/mol. The molecule has 6 heteroatoms. The average Bonchev–Trinajstić information content (AvgIpc) is 2.94. The molecular weight excluding hydrogens is 492 g/mol. The summed E-state index contributed by atoms with van der Waals surface area (Å²) in [5.41, 5.74) is 2.30. The van der Waals surface area contributed by atoms with Gasteiger partial charge in [0.05, 0.1) is 18.5 Å². The number of hydrogen-bond donors (Lipinski definition) is 0. The summed E-state index contributed by atoms with van der Waals surface area (Å²) in [6.45, 7) is 3.01. The first-order valence-electron chi connectivity index (χ1n) is 12.8. The van der Waals surface area contributed by atoms with E-state index in [4.69, 9.17) is 26.9 Å². The van der Waals surface area contributed by atoms with Crippen LogP contribution in [0.15, 0.2) is 84.6 Å². The standard InChI is InChI=1S/C32H33ClN4O/c1-2-3-4-5-8-14-23-38-30-21-19-27(20-22-30)15-10-6-7-12-17-29-26-36-31(32(33)37-29)18-13-9-11-16-28(24-34)25-35/h6-7,9-13,15-22,26H,2-5,8,14,23H2,1H3/b7-6+,11-9+,15-10+,17-12+,18-13+. The Morgan fingerprint density at radius 2 is 1.50 bits per heavy atom. The number of allylic oxidation sites excluding steroid dienone is 9. The largest absolute Gasteiger partial charge is 0.494 e. The molecule has 2 rings (SSSR count). The third-order valence-electron chi connectivity index (χ3n) is 5.29. The van der Waals surface area contributed by atoms with Crippen LogP contribution in [-0.4, -0.2) is 16.6 Å². The monoisotopic (exact) mass is 524 g/mol. The van der Waals surface area contributed by atoms with Crippen molar-refractivity contribution in [3.05, 3.63) is 107 Å². The van der Waals surface area contributed by atoms with E-state index in [0.29, 0.717) is 11.4 Å². The molecule has 0 saturated heterocycles. The summed E-state index contributed by atoms with van der Waals surface area (Å²) in [7, 11) is 0. The molecular formula is C32H33ClN4O. The normalized spacial score (nSPS) is 11.6. The number of unbranched alkanes of at least 4 members (excludes halogenated alkanes) is 5. The van der Waals surface area contributed by atoms with Crippen molar-refractivity contribution in [2.75, 3.05) is 6.61 Å². The highest BCUT2D eigenvalue weighted by molar-refractivity contribution is 6.30. The van der Waals surface area contributed by atoms with Gasteiger partial charge in [-0.15, -0.1) is 0 Å². The van der Waals surface area contributed by atoms with Crippen molar-refractivity contribution in [2.45, 2.75) is 45.4 Å². The summed E-state index contributed by atoms with van der Waals surface area (Å²) in [5.74, 6) is 0.911. The third-order valence-corrected chi connectivity index (χ3v) is 5.57. The molecule has 0 aliphatic heterocycles. The topological polar surface area (TPSA) is 82.6 Å². The van der Waals surface area contributed by atoms with E-state index in [1.165, 1.54) is 38.2 Å². The molecule has 0 fully saturated rings. The zero-order valence-corrected chi connectivity index (χ0v) is 22.5. The van der Waals surface area contributed by atoms with Gasteiger partial charge in [-0.25, -0.2) is 4.98 Å². The molecule has 0 saturated carbocycles. The fourth-order valence-corrected chi connectivity index (χ4v) is 3.45. The fourth-order valence-electron chi connectivity index (χ4n) is 3.24. The summed E-state index contributed by atoms with van der Waals surface area (Å²) in [5, 5.41) is 17.7. The van der Waals surface area contributed by atoms with Gasteiger partial charge in [0.2, 0.25) is 0 Å². The van der Waals surface area contributed by atoms with Crippen LogP contribution in [0.4, 0.5) is 0 Å². The Morgan fingerprint density at radius 3 is 2.21 bits per heavy atom. The maximum atomic E-state index is 8.69. The van der Waals surface area contributed by atoms with Crippen molar-refractivity contribution in [3.63, 3.8) is 0 Å². The number of rotatable bonds is 15. The van der Waals surface area contributed by atoms with Crippen LogP contribution < -0.4 is 4.74 Å². The minimum absolute atomic E-state index is 0.0336. The Bertz CT molecular complexity index is 1240. The number of ether oxygens (including phenoxy) is 1. The smallest absolute Gasteiger partial charge is 0.155 e. The second-order valence-corrected chi connectivity index (χ2v) is 8.67. The van der Waals surface area contributed by atoms with Crippen LogP contribution in [0.5, 0.6) is 5.75 Å². The molecule has 1 aromatic heterocycles. The molecule has 1 aromatic carbocycles. The molecule has 0 aliphatic carbocycles. The van der Waals surface area contributed by atoms with Gasteiger partial charge in [0.15, 0.2) is 5.15 Å². The van der Waals surface area contributed by atoms with Crippen LogP contribution in [-0.2, 0) is 0 Å². The second kappa shape index (κ2) is 19.0. The summed E-state index contributed by atoms with van der Waals surface area (Å²) < 4.78 is 5.83. The van der Waals surface area contributed by atoms with Crippen LogP contribution in [0.1, 0.15) is 62.4 Å². The first-order chi connectivity index (χ1) is 18.7. The van der Waals surface area contributed by atoms with Crippen molar-refractivity contribution in [1.82, 2.24) is 9.97 Å². The lowest BCUT2D eigenvalue weighted by Crippen LogP contribution is -1.97. The van der Waals surface area contributed by atoms with Crippen LogP contribution in [0.2, 0.25) is 5.15 Å². The highest BCUT2D eigenvalue weighted by Crippen LogP contribution is 2.15. The molecule has 0 amide bonds. The zero-order valence-electron chi connectivity index (χ0n) is 21.8. The highest BCUT2D eigenvalue weighted by Gasteiger charge is 2.00. The van der Waals surface area contributed by atoms with Crippen LogP contribution in [0.25, 0.3) is 18.2 Å². The van der Waals surface area contributed by atoms with Gasteiger partial charge in [-0.2, -0.15) is 10.5 Å². The van der Waals surface area contributed by atoms with Gasteiger partial charge in [-0.05, 0) is 42.3 Å². The Kier molecular flexibility index (Phi) is 15.0. The van der Waals surface area contributed by atoms with Gasteiger partial charge >= 0.3 is 0 Å². The first kappa shape index (κ1) is 30.0. The van der Waals surface area contributed by atoms with Crippen molar-refractivity contribution < 1.29 is 4.74 Å². The molecule has 5 nitrogen and oxygen atoms in total. The van der Waals surface area contributed by atoms with E-state index < -0.39 is 0 Å². The summed E-state index contributed by atoms with van der Waals surface area (Å²) >= 11 is 6.22. The Labute approximate surface area is 231 Å². The van der Waals surface area contributed by atoms with Crippen molar-refractivity contribution in [3.8, 4) is 17.9 Å². The lowest BCUT2D eigenvalue weighted by Gasteiger charge is -2.06. The van der Waals surface area contributed by atoms with Gasteiger partial charge < -0.3 is 4.74 Å². The number of nitriles is 2. The maximum absolute atomic E-state index is 8.69. The first-order valence-corrected chi connectivity index (χ1v) is 13.2. The lowest BCUT2D eigenvalue weighted by atomic mass is 10.1. The fraction of sp³-hybridized carbons (Fsp3) is 0.250. The van der Waals surface area contributed by atoms with E-state index >= 15 is 0 Å². The van der Waals surface area contributed by atoms with E-state index in [0.717, 1.165) is 24.3 Å². The maximum Gasteiger partial charge on any atom is 0.155 e. The molecule has 38 heavy (non-hydrogen) atoms. The molecule has 0 unspecified atom stereocenters. The molecule has 2 aromatic rings. The highest BCUT2D eigenvalue weighted by atomic mass is 35.5. The van der Waals surface area contributed by atoms with Gasteiger partial charge in [0.1, 0.15) is 29.2 Å². The second-order valence-electron chi connectivity index (χ2n) is 8.31. The van der Waals surface area contributed by atoms with Gasteiger partial charge in [0.25, 0.3) is 0 Å². The minimum atomic E-state index is 0.0336. The Hall–Kier alpha value is -4.19. The molecule has 0 radical (unpaired) electrons. The number of nitrogens with zero attached hydrogens (tertiary/aromatic N) is 4. The van der Waals surface area contributed by atoms with Crippen molar-refractivity contribution in [1.29, 1.82) is 10.5 Å². The number of hydrogen-bond acceptors (Lipinski definition) is 5. The van der Waals surface area contributed by atoms with Crippen LogP contribution in [0, 0.1) is 22.7 Å². The molecule has 194 valence electrons. The lowest BCUT2D eigenvalue weighted by molar-refractivity contribution is 0.304. The van der Waals surface area contributed by atoms with Crippen molar-refractivity contribution >= 4 is 29.8 Å². The molecule has 0 bridgehead atoms. The molecule has 1 heterocycles. The predicted octanol–water partition coefficient (Wildman–Crippen LogP) is 8.70. The Balaban J connectivity index is 1.76. The minimum Gasteiger partial charge on any atom is -0.494 e. The van der Waals surface area contributed by atoms with Crippen molar-refractivity contribution in [2.24, 2.45) is 0 Å². The molecule has 0 N–H and O–H groups in total. The summed E-state index contributed by atoms with van der Waals surface area (Å²) in [6.07, 6.45) is 28.9. The van der Waals surface area contributed by atoms with E-state index in [1.807, 2.05) is 60.7 Å². The molecule has 0 spiro atoms. The number of benzene rings is 1. The molecule has 0 atom stereocenters. The average molecular weight is 525 g/mol. The van der Waals surface area contributed by atoms with E-state index in [9.17, 15) is 0 Å². The zero-order chi connectivity index (χ0) is 27.3. The Morgan fingerprint density at radius 1 is 0.842 bits per heavy atom. The number of halogens is 1. The summed E-state index contributed by atoms with van der Waals surface area (Å²) in [6, 6.07) is 11.7. The molecule has 0 aliphatic rings. The van der Waals surface area contributed by atoms with Gasteiger partial charge in [-0.3, -0.25) is 4.98 Å². The quantitative estimate of drug-likeness (QED) is 0.132. The van der Waals surface area contributed by atoms with Gasteiger partial charge in [0, 0.05) is 0 Å². The van der Waals surface area contributed by atoms with Crippen LogP contribution >= 0.6 is 11.6 Å². The van der Waals surface area contributed by atoms with E-state index in [-0.39, 0.29) is 10.7 Å². The number of aromatic nitrogens is 2. The van der Waals surface area contributed by atoms with Gasteiger partial charge in [-0.1, -0.05) is 111 Å². The van der Waals surface area contributed by atoms with E-state index in [1.54, 1.807) is 42.6 Å².